The second kappa shape index (κ2) is 5.98. The quantitative estimate of drug-likeness (QED) is 0.527. The Morgan fingerprint density at radius 1 is 1.13 bits per heavy atom. The molecule has 0 fully saturated rings. The van der Waals surface area contributed by atoms with Gasteiger partial charge in [0.1, 0.15) is 7.05 Å². The van der Waals surface area contributed by atoms with Crippen LogP contribution in [0.4, 0.5) is 5.69 Å². The zero-order chi connectivity index (χ0) is 16.4. The SMILES string of the molecule is [C-]#[N+]c1cc(-c2cncc[n+]2C)c(C)c(-[n+]2ccccc2C)c1. The second-order valence-corrected chi connectivity index (χ2v) is 5.53. The topological polar surface area (TPSA) is 25.0 Å². The van der Waals surface area contributed by atoms with Crippen molar-refractivity contribution in [1.29, 1.82) is 0 Å². The zero-order valence-corrected chi connectivity index (χ0v) is 13.5. The van der Waals surface area contributed by atoms with Crippen molar-refractivity contribution in [2.75, 3.05) is 0 Å². The van der Waals surface area contributed by atoms with E-state index in [4.69, 9.17) is 6.57 Å². The normalized spacial score (nSPS) is 10.3. The zero-order valence-electron chi connectivity index (χ0n) is 13.5. The van der Waals surface area contributed by atoms with Crippen LogP contribution >= 0.6 is 0 Å². The summed E-state index contributed by atoms with van der Waals surface area (Å²) in [6.45, 7) is 11.6. The molecule has 1 aromatic carbocycles. The number of pyridine rings is 1. The van der Waals surface area contributed by atoms with Crippen LogP contribution < -0.4 is 9.13 Å². The summed E-state index contributed by atoms with van der Waals surface area (Å²) >= 11 is 0. The van der Waals surface area contributed by atoms with Gasteiger partial charge in [-0.3, -0.25) is 4.98 Å². The number of benzene rings is 1. The molecular formula is C19H18N4+2. The first-order chi connectivity index (χ1) is 11.1. The van der Waals surface area contributed by atoms with Gasteiger partial charge in [0.15, 0.2) is 23.8 Å². The summed E-state index contributed by atoms with van der Waals surface area (Å²) in [6, 6.07) is 9.95. The van der Waals surface area contributed by atoms with Crippen LogP contribution in [0.2, 0.25) is 0 Å². The van der Waals surface area contributed by atoms with Gasteiger partial charge in [0.25, 0.3) is 0 Å². The minimum absolute atomic E-state index is 0.625. The molecule has 0 spiro atoms. The molecule has 0 radical (unpaired) electrons. The van der Waals surface area contributed by atoms with Crippen LogP contribution in [-0.4, -0.2) is 4.98 Å². The highest BCUT2D eigenvalue weighted by molar-refractivity contribution is 5.71. The van der Waals surface area contributed by atoms with E-state index < -0.39 is 0 Å². The number of aryl methyl sites for hydroxylation is 2. The molecule has 0 atom stereocenters. The van der Waals surface area contributed by atoms with Crippen LogP contribution in [0.5, 0.6) is 0 Å². The van der Waals surface area contributed by atoms with Crippen molar-refractivity contribution < 1.29 is 9.13 Å². The van der Waals surface area contributed by atoms with Gasteiger partial charge in [-0.15, -0.1) is 0 Å². The Morgan fingerprint density at radius 3 is 2.65 bits per heavy atom. The Bertz CT molecular complexity index is 856. The van der Waals surface area contributed by atoms with Crippen LogP contribution in [0, 0.1) is 20.4 Å². The van der Waals surface area contributed by atoms with E-state index in [0.29, 0.717) is 5.69 Å². The molecule has 23 heavy (non-hydrogen) atoms. The van der Waals surface area contributed by atoms with Gasteiger partial charge in [0.2, 0.25) is 11.4 Å². The molecule has 0 N–H and O–H groups in total. The van der Waals surface area contributed by atoms with Crippen molar-refractivity contribution in [3.63, 3.8) is 0 Å². The van der Waals surface area contributed by atoms with E-state index in [2.05, 4.69) is 34.3 Å². The third kappa shape index (κ3) is 2.69. The summed E-state index contributed by atoms with van der Waals surface area (Å²) in [5.41, 5.74) is 5.92. The molecule has 0 unspecified atom stereocenters. The molecule has 3 rings (SSSR count). The molecule has 3 aromatic rings. The van der Waals surface area contributed by atoms with Crippen LogP contribution in [0.25, 0.3) is 21.8 Å². The number of rotatable bonds is 2. The fourth-order valence-electron chi connectivity index (χ4n) is 2.75. The van der Waals surface area contributed by atoms with Crippen LogP contribution in [-0.2, 0) is 7.05 Å². The first kappa shape index (κ1) is 14.9. The molecule has 0 amide bonds. The molecule has 2 heterocycles. The van der Waals surface area contributed by atoms with Gasteiger partial charge in [0, 0.05) is 36.2 Å². The van der Waals surface area contributed by atoms with Crippen molar-refractivity contribution >= 4 is 5.69 Å². The fraction of sp³-hybridized carbons (Fsp3) is 0.158. The molecule has 2 aromatic heterocycles. The van der Waals surface area contributed by atoms with Crippen LogP contribution in [0.3, 0.4) is 0 Å². The van der Waals surface area contributed by atoms with E-state index >= 15 is 0 Å². The monoisotopic (exact) mass is 302 g/mol. The fourth-order valence-corrected chi connectivity index (χ4v) is 2.75. The Labute approximate surface area is 136 Å². The smallest absolute Gasteiger partial charge is 0.229 e. The standard InChI is InChI=1S/C19H18N4/c1-14-7-5-6-9-23(14)18-12-16(20-3)11-17(15(18)2)19-13-21-8-10-22(19)4/h5-13H,1-2,4H3/q+2. The largest absolute Gasteiger partial charge is 0.252 e. The lowest BCUT2D eigenvalue weighted by Gasteiger charge is -2.08. The van der Waals surface area contributed by atoms with Gasteiger partial charge in [0.05, 0.1) is 19.0 Å². The molecule has 4 nitrogen and oxygen atoms in total. The predicted octanol–water partition coefficient (Wildman–Crippen LogP) is 3.02. The van der Waals surface area contributed by atoms with Crippen molar-refractivity contribution in [3.8, 4) is 16.9 Å². The highest BCUT2D eigenvalue weighted by Gasteiger charge is 2.21. The first-order valence-electron chi connectivity index (χ1n) is 7.41. The Balaban J connectivity index is 2.32. The average molecular weight is 302 g/mol. The highest BCUT2D eigenvalue weighted by Crippen LogP contribution is 2.29. The summed E-state index contributed by atoms with van der Waals surface area (Å²) in [5.74, 6) is 0. The van der Waals surface area contributed by atoms with Gasteiger partial charge < -0.3 is 0 Å². The second-order valence-electron chi connectivity index (χ2n) is 5.53. The molecule has 0 aliphatic rings. The average Bonchev–Trinajstić information content (AvgIpc) is 2.57. The van der Waals surface area contributed by atoms with Gasteiger partial charge in [-0.1, -0.05) is 6.07 Å². The lowest BCUT2D eigenvalue weighted by atomic mass is 10.0. The first-order valence-corrected chi connectivity index (χ1v) is 7.41. The minimum Gasteiger partial charge on any atom is -0.252 e. The van der Waals surface area contributed by atoms with Gasteiger partial charge in [-0.05, 0) is 13.0 Å². The molecule has 0 aliphatic carbocycles. The summed E-state index contributed by atoms with van der Waals surface area (Å²) < 4.78 is 4.14. The maximum absolute atomic E-state index is 7.43. The van der Waals surface area contributed by atoms with E-state index in [9.17, 15) is 0 Å². The molecule has 0 aliphatic heterocycles. The maximum Gasteiger partial charge on any atom is 0.229 e. The van der Waals surface area contributed by atoms with E-state index in [1.54, 1.807) is 6.20 Å². The summed E-state index contributed by atoms with van der Waals surface area (Å²) in [5, 5.41) is 0. The molecule has 0 saturated heterocycles. The molecular weight excluding hydrogens is 284 g/mol. The molecule has 0 bridgehead atoms. The third-order valence-electron chi connectivity index (χ3n) is 4.05. The lowest BCUT2D eigenvalue weighted by Crippen LogP contribution is -2.35. The highest BCUT2D eigenvalue weighted by atomic mass is 15.0. The number of nitrogens with zero attached hydrogens (tertiary/aromatic N) is 4. The van der Waals surface area contributed by atoms with Crippen molar-refractivity contribution in [3.05, 3.63) is 77.8 Å². The van der Waals surface area contributed by atoms with Gasteiger partial charge in [-0.2, -0.15) is 9.13 Å². The number of hydrogen-bond acceptors (Lipinski definition) is 1. The van der Waals surface area contributed by atoms with Crippen molar-refractivity contribution in [2.24, 2.45) is 7.05 Å². The molecule has 4 heteroatoms. The van der Waals surface area contributed by atoms with E-state index in [1.165, 1.54) is 0 Å². The van der Waals surface area contributed by atoms with Gasteiger partial charge >= 0.3 is 0 Å². The van der Waals surface area contributed by atoms with Crippen LogP contribution in [0.1, 0.15) is 11.3 Å². The third-order valence-corrected chi connectivity index (χ3v) is 4.05. The lowest BCUT2D eigenvalue weighted by molar-refractivity contribution is -0.661. The summed E-state index contributed by atoms with van der Waals surface area (Å²) in [4.78, 5) is 7.88. The van der Waals surface area contributed by atoms with E-state index in [0.717, 1.165) is 28.2 Å². The van der Waals surface area contributed by atoms with Crippen LogP contribution in [0.15, 0.2) is 55.1 Å². The summed E-state index contributed by atoms with van der Waals surface area (Å²) in [7, 11) is 1.99. The molecule has 112 valence electrons. The van der Waals surface area contributed by atoms with Crippen molar-refractivity contribution in [1.82, 2.24) is 4.98 Å². The maximum atomic E-state index is 7.43. The van der Waals surface area contributed by atoms with E-state index in [-0.39, 0.29) is 0 Å². The number of hydrogen-bond donors (Lipinski definition) is 0. The Hall–Kier alpha value is -3.06. The predicted molar refractivity (Wildman–Crippen MR) is 88.1 cm³/mol. The van der Waals surface area contributed by atoms with Gasteiger partial charge in [-0.25, -0.2) is 4.85 Å². The Morgan fingerprint density at radius 2 is 1.96 bits per heavy atom. The number of aromatic nitrogens is 3. The minimum atomic E-state index is 0.625. The Kier molecular flexibility index (Phi) is 3.86. The van der Waals surface area contributed by atoms with E-state index in [1.807, 2.05) is 54.5 Å². The van der Waals surface area contributed by atoms with Crippen molar-refractivity contribution in [2.45, 2.75) is 13.8 Å². The summed E-state index contributed by atoms with van der Waals surface area (Å²) in [6.07, 6.45) is 7.54. The molecule has 0 saturated carbocycles.